The molecule has 2 N–H and O–H groups in total. The van der Waals surface area contributed by atoms with Crippen molar-refractivity contribution in [1.82, 2.24) is 10.2 Å². The van der Waals surface area contributed by atoms with Gasteiger partial charge in [-0.05, 0) is 41.3 Å². The number of hydrogen-bond acceptors (Lipinski definition) is 4. The second-order valence-corrected chi connectivity index (χ2v) is 8.17. The molecule has 0 saturated carbocycles. The van der Waals surface area contributed by atoms with Gasteiger partial charge in [-0.2, -0.15) is 0 Å². The summed E-state index contributed by atoms with van der Waals surface area (Å²) in [7, 11) is 0. The molecule has 0 atom stereocenters. The molecular formula is C23H31N3O. The van der Waals surface area contributed by atoms with Crippen LogP contribution in [0.4, 0.5) is 11.4 Å². The largest absolute Gasteiger partial charge is 0.377 e. The lowest BCUT2D eigenvalue weighted by atomic mass is 9.73. The van der Waals surface area contributed by atoms with Gasteiger partial charge in [-0.15, -0.1) is 0 Å². The summed E-state index contributed by atoms with van der Waals surface area (Å²) >= 11 is 0. The van der Waals surface area contributed by atoms with Crippen molar-refractivity contribution in [3.8, 4) is 0 Å². The normalized spacial score (nSPS) is 18.5. The van der Waals surface area contributed by atoms with Crippen LogP contribution in [-0.2, 0) is 23.3 Å². The third-order valence-electron chi connectivity index (χ3n) is 5.87. The standard InChI is InChI=1S/C23H31N3O/c1-4-27-16-18-5-7-19-22(14-18)25-21-8-6-17(13-20(21)23(19,2)3)15-26-11-9-24-10-12-26/h5-8,13-14,24-25H,4,9-12,15-16H2,1-3H3. The number of anilines is 2. The van der Waals surface area contributed by atoms with Crippen LogP contribution in [0.3, 0.4) is 0 Å². The molecule has 2 aromatic rings. The Morgan fingerprint density at radius 2 is 1.74 bits per heavy atom. The maximum absolute atomic E-state index is 5.58. The maximum atomic E-state index is 5.58. The van der Waals surface area contributed by atoms with Crippen LogP contribution in [0.2, 0.25) is 0 Å². The Hall–Kier alpha value is -1.88. The molecule has 4 heteroatoms. The van der Waals surface area contributed by atoms with Crippen molar-refractivity contribution in [2.45, 2.75) is 39.3 Å². The van der Waals surface area contributed by atoms with Crippen molar-refractivity contribution in [3.63, 3.8) is 0 Å². The van der Waals surface area contributed by atoms with E-state index >= 15 is 0 Å². The number of piperazine rings is 1. The number of ether oxygens (including phenoxy) is 1. The van der Waals surface area contributed by atoms with Gasteiger partial charge in [-0.1, -0.05) is 38.1 Å². The van der Waals surface area contributed by atoms with Crippen LogP contribution in [-0.4, -0.2) is 37.7 Å². The molecule has 144 valence electrons. The molecule has 0 amide bonds. The van der Waals surface area contributed by atoms with Gasteiger partial charge in [0.05, 0.1) is 6.61 Å². The number of hydrogen-bond donors (Lipinski definition) is 2. The topological polar surface area (TPSA) is 36.5 Å². The van der Waals surface area contributed by atoms with Crippen LogP contribution in [0.1, 0.15) is 43.0 Å². The highest BCUT2D eigenvalue weighted by Gasteiger charge is 2.32. The Bertz CT molecular complexity index is 809. The van der Waals surface area contributed by atoms with Crippen molar-refractivity contribution in [1.29, 1.82) is 0 Å². The Labute approximate surface area is 162 Å². The van der Waals surface area contributed by atoms with E-state index in [9.17, 15) is 0 Å². The van der Waals surface area contributed by atoms with Crippen LogP contribution in [0.25, 0.3) is 0 Å². The molecule has 0 bridgehead atoms. The van der Waals surface area contributed by atoms with E-state index in [4.69, 9.17) is 4.74 Å². The first-order valence-electron chi connectivity index (χ1n) is 10.1. The summed E-state index contributed by atoms with van der Waals surface area (Å²) in [6.07, 6.45) is 0. The fraction of sp³-hybridized carbons (Fsp3) is 0.478. The zero-order valence-electron chi connectivity index (χ0n) is 16.8. The van der Waals surface area contributed by atoms with Crippen molar-refractivity contribution >= 4 is 11.4 Å². The Kier molecular flexibility index (Phi) is 5.22. The number of nitrogens with zero attached hydrogens (tertiary/aromatic N) is 1. The Morgan fingerprint density at radius 3 is 2.52 bits per heavy atom. The zero-order valence-corrected chi connectivity index (χ0v) is 16.8. The van der Waals surface area contributed by atoms with Crippen LogP contribution in [0.15, 0.2) is 36.4 Å². The minimum Gasteiger partial charge on any atom is -0.377 e. The van der Waals surface area contributed by atoms with E-state index in [1.165, 1.54) is 33.6 Å². The number of benzene rings is 2. The summed E-state index contributed by atoms with van der Waals surface area (Å²) in [4.78, 5) is 2.54. The molecular weight excluding hydrogens is 334 g/mol. The van der Waals surface area contributed by atoms with E-state index in [0.717, 1.165) is 39.3 Å². The SMILES string of the molecule is CCOCc1ccc2c(c1)Nc1ccc(CN3CCNCC3)cc1C2(C)C. The number of fused-ring (bicyclic) bond motifs is 2. The van der Waals surface area contributed by atoms with Crippen molar-refractivity contribution in [3.05, 3.63) is 58.7 Å². The van der Waals surface area contributed by atoms with Gasteiger partial charge in [0.1, 0.15) is 0 Å². The molecule has 0 aliphatic carbocycles. The number of rotatable bonds is 5. The molecule has 0 spiro atoms. The van der Waals surface area contributed by atoms with Crippen LogP contribution >= 0.6 is 0 Å². The molecule has 0 unspecified atom stereocenters. The first-order valence-corrected chi connectivity index (χ1v) is 10.1. The van der Waals surface area contributed by atoms with Crippen LogP contribution < -0.4 is 10.6 Å². The summed E-state index contributed by atoms with van der Waals surface area (Å²) < 4.78 is 5.58. The first kappa shape index (κ1) is 18.5. The minimum absolute atomic E-state index is 0.0144. The van der Waals surface area contributed by atoms with E-state index in [-0.39, 0.29) is 5.41 Å². The van der Waals surface area contributed by atoms with Gasteiger partial charge in [-0.3, -0.25) is 4.90 Å². The van der Waals surface area contributed by atoms with Gasteiger partial charge in [0.25, 0.3) is 0 Å². The van der Waals surface area contributed by atoms with Crippen molar-refractivity contribution < 1.29 is 4.74 Å². The quantitative estimate of drug-likeness (QED) is 0.839. The third kappa shape index (κ3) is 3.75. The van der Waals surface area contributed by atoms with Gasteiger partial charge in [0, 0.05) is 56.1 Å². The van der Waals surface area contributed by atoms with Crippen LogP contribution in [0.5, 0.6) is 0 Å². The van der Waals surface area contributed by atoms with Crippen LogP contribution in [0, 0.1) is 0 Å². The summed E-state index contributed by atoms with van der Waals surface area (Å²) in [5.74, 6) is 0. The minimum atomic E-state index is -0.0144. The summed E-state index contributed by atoms with van der Waals surface area (Å²) in [5.41, 5.74) is 7.79. The lowest BCUT2D eigenvalue weighted by molar-refractivity contribution is 0.134. The highest BCUT2D eigenvalue weighted by molar-refractivity contribution is 5.76. The van der Waals surface area contributed by atoms with Crippen molar-refractivity contribution in [2.24, 2.45) is 0 Å². The van der Waals surface area contributed by atoms with E-state index in [1.54, 1.807) is 0 Å². The first-order chi connectivity index (χ1) is 13.1. The third-order valence-corrected chi connectivity index (χ3v) is 5.87. The Balaban J connectivity index is 1.61. The smallest absolute Gasteiger partial charge is 0.0717 e. The second kappa shape index (κ2) is 7.63. The fourth-order valence-corrected chi connectivity index (χ4v) is 4.28. The van der Waals surface area contributed by atoms with Gasteiger partial charge in [-0.25, -0.2) is 0 Å². The lowest BCUT2D eigenvalue weighted by Gasteiger charge is -2.36. The molecule has 0 radical (unpaired) electrons. The van der Waals surface area contributed by atoms with E-state index in [1.807, 2.05) is 6.92 Å². The molecule has 2 aliphatic heterocycles. The van der Waals surface area contributed by atoms with Gasteiger partial charge in [0.2, 0.25) is 0 Å². The predicted molar refractivity (Wildman–Crippen MR) is 112 cm³/mol. The maximum Gasteiger partial charge on any atom is 0.0717 e. The summed E-state index contributed by atoms with van der Waals surface area (Å²) in [6.45, 7) is 13.6. The molecule has 1 fully saturated rings. The average Bonchev–Trinajstić information content (AvgIpc) is 2.67. The molecule has 0 aromatic heterocycles. The summed E-state index contributed by atoms with van der Waals surface area (Å²) in [5, 5.41) is 7.10. The number of nitrogens with one attached hydrogen (secondary N) is 2. The predicted octanol–water partition coefficient (Wildman–Crippen LogP) is 4.01. The molecule has 4 nitrogen and oxygen atoms in total. The highest BCUT2D eigenvalue weighted by atomic mass is 16.5. The highest BCUT2D eigenvalue weighted by Crippen LogP contribution is 2.45. The molecule has 4 rings (SSSR count). The van der Waals surface area contributed by atoms with E-state index in [2.05, 4.69) is 65.8 Å². The van der Waals surface area contributed by atoms with Gasteiger partial charge in [0.15, 0.2) is 0 Å². The lowest BCUT2D eigenvalue weighted by Crippen LogP contribution is -2.42. The fourth-order valence-electron chi connectivity index (χ4n) is 4.28. The molecule has 1 saturated heterocycles. The molecule has 2 aliphatic rings. The van der Waals surface area contributed by atoms with E-state index < -0.39 is 0 Å². The zero-order chi connectivity index (χ0) is 18.9. The van der Waals surface area contributed by atoms with Crippen molar-refractivity contribution in [2.75, 3.05) is 38.1 Å². The van der Waals surface area contributed by atoms with Gasteiger partial charge >= 0.3 is 0 Å². The monoisotopic (exact) mass is 365 g/mol. The van der Waals surface area contributed by atoms with E-state index in [0.29, 0.717) is 6.61 Å². The Morgan fingerprint density at radius 1 is 0.963 bits per heavy atom. The molecule has 2 aromatic carbocycles. The summed E-state index contributed by atoms with van der Waals surface area (Å²) in [6, 6.07) is 13.6. The van der Waals surface area contributed by atoms with Gasteiger partial charge < -0.3 is 15.4 Å². The molecule has 2 heterocycles. The molecule has 27 heavy (non-hydrogen) atoms. The second-order valence-electron chi connectivity index (χ2n) is 8.17. The average molecular weight is 366 g/mol.